The van der Waals surface area contributed by atoms with Gasteiger partial charge in [-0.2, -0.15) is 10.2 Å². The second-order valence-electron chi connectivity index (χ2n) is 10.3. The fourth-order valence-electron chi connectivity index (χ4n) is 5.81. The maximum Gasteiger partial charge on any atom is 0.320 e. The Labute approximate surface area is 238 Å². The monoisotopic (exact) mass is 563 g/mol. The molecule has 11 heteroatoms. The molecular formula is C30H35F2N7O2. The number of ether oxygens (including phenoxy) is 1. The first-order valence-electron chi connectivity index (χ1n) is 13.7. The van der Waals surface area contributed by atoms with Crippen LogP contribution in [0.3, 0.4) is 0 Å². The molecule has 0 bridgehead atoms. The highest BCUT2D eigenvalue weighted by atomic mass is 19.2. The number of benzene rings is 2. The number of rotatable bonds is 9. The Balaban J connectivity index is 1.46. The molecule has 41 heavy (non-hydrogen) atoms. The summed E-state index contributed by atoms with van der Waals surface area (Å²) in [7, 11) is 3.48. The highest BCUT2D eigenvalue weighted by molar-refractivity contribution is 5.91. The van der Waals surface area contributed by atoms with Crippen LogP contribution in [0.5, 0.6) is 0 Å². The lowest BCUT2D eigenvalue weighted by Gasteiger charge is -2.28. The van der Waals surface area contributed by atoms with Gasteiger partial charge in [0.1, 0.15) is 11.5 Å². The summed E-state index contributed by atoms with van der Waals surface area (Å²) in [5.41, 5.74) is 3.75. The Morgan fingerprint density at radius 3 is 2.59 bits per heavy atom. The molecule has 216 valence electrons. The fourth-order valence-corrected chi connectivity index (χ4v) is 5.81. The van der Waals surface area contributed by atoms with E-state index in [1.165, 1.54) is 6.07 Å². The summed E-state index contributed by atoms with van der Waals surface area (Å²) in [5.74, 6) is -1.52. The molecule has 3 atom stereocenters. The molecule has 2 aromatic carbocycles. The van der Waals surface area contributed by atoms with Crippen LogP contribution in [0.2, 0.25) is 0 Å². The van der Waals surface area contributed by atoms with Gasteiger partial charge in [0.05, 0.1) is 24.5 Å². The van der Waals surface area contributed by atoms with Gasteiger partial charge in [-0.1, -0.05) is 31.2 Å². The molecule has 4 aromatic rings. The van der Waals surface area contributed by atoms with Crippen LogP contribution in [0.4, 0.5) is 19.4 Å². The van der Waals surface area contributed by atoms with Crippen molar-refractivity contribution in [3.05, 3.63) is 83.7 Å². The van der Waals surface area contributed by atoms with Crippen molar-refractivity contribution in [3.8, 4) is 16.9 Å². The molecule has 5 rings (SSSR count). The van der Waals surface area contributed by atoms with Crippen LogP contribution < -0.4 is 10.6 Å². The van der Waals surface area contributed by atoms with Crippen LogP contribution >= 0.6 is 0 Å². The van der Waals surface area contributed by atoms with Crippen molar-refractivity contribution >= 4 is 11.8 Å². The molecule has 1 unspecified atom stereocenters. The largest absolute Gasteiger partial charge is 0.383 e. The van der Waals surface area contributed by atoms with Crippen molar-refractivity contribution < 1.29 is 18.3 Å². The van der Waals surface area contributed by atoms with Crippen LogP contribution in [0.1, 0.15) is 30.4 Å². The molecule has 1 aliphatic rings. The first-order valence-corrected chi connectivity index (χ1v) is 13.7. The molecule has 0 aliphatic carbocycles. The fraction of sp³-hybridized carbons (Fsp3) is 0.367. The molecule has 1 saturated heterocycles. The van der Waals surface area contributed by atoms with E-state index in [4.69, 9.17) is 9.84 Å². The number of carbonyl (C=O) groups excluding carboxylic acids is 1. The Hall–Kier alpha value is -4.09. The highest BCUT2D eigenvalue weighted by Gasteiger charge is 2.42. The average Bonchev–Trinajstić information content (AvgIpc) is 3.64. The quantitative estimate of drug-likeness (QED) is 0.303. The van der Waals surface area contributed by atoms with E-state index in [9.17, 15) is 13.6 Å². The van der Waals surface area contributed by atoms with E-state index in [-0.39, 0.29) is 18.0 Å². The van der Waals surface area contributed by atoms with Crippen LogP contribution in [0.15, 0.2) is 60.9 Å². The van der Waals surface area contributed by atoms with Crippen LogP contribution in [-0.4, -0.2) is 69.4 Å². The Morgan fingerprint density at radius 2 is 1.93 bits per heavy atom. The number of para-hydroxylation sites is 1. The Bertz CT molecular complexity index is 1500. The molecule has 0 saturated carbocycles. The lowest BCUT2D eigenvalue weighted by atomic mass is 9.87. The Morgan fingerprint density at radius 1 is 1.15 bits per heavy atom. The van der Waals surface area contributed by atoms with E-state index >= 15 is 0 Å². The maximum absolute atomic E-state index is 14.3. The van der Waals surface area contributed by atoms with E-state index in [2.05, 4.69) is 27.6 Å². The molecule has 0 radical (unpaired) electrons. The summed E-state index contributed by atoms with van der Waals surface area (Å²) in [4.78, 5) is 15.8. The molecule has 2 N–H and O–H groups in total. The first-order chi connectivity index (χ1) is 19.8. The summed E-state index contributed by atoms with van der Waals surface area (Å²) in [6.45, 7) is 5.68. The number of nitrogens with zero attached hydrogens (tertiary/aromatic N) is 5. The number of likely N-dealkylation sites (tertiary alicyclic amines) is 1. The van der Waals surface area contributed by atoms with Crippen LogP contribution in [-0.2, 0) is 11.8 Å². The van der Waals surface area contributed by atoms with Crippen molar-refractivity contribution in [1.82, 2.24) is 29.8 Å². The minimum Gasteiger partial charge on any atom is -0.383 e. The number of urea groups is 1. The van der Waals surface area contributed by atoms with Crippen molar-refractivity contribution in [1.29, 1.82) is 0 Å². The van der Waals surface area contributed by atoms with E-state index in [0.717, 1.165) is 29.3 Å². The molecule has 0 spiro atoms. The van der Waals surface area contributed by atoms with Crippen LogP contribution in [0.25, 0.3) is 16.9 Å². The average molecular weight is 564 g/mol. The van der Waals surface area contributed by atoms with Gasteiger partial charge in [-0.25, -0.2) is 18.3 Å². The summed E-state index contributed by atoms with van der Waals surface area (Å²) in [6, 6.07) is 12.8. The van der Waals surface area contributed by atoms with Crippen molar-refractivity contribution in [3.63, 3.8) is 0 Å². The van der Waals surface area contributed by atoms with Gasteiger partial charge in [0, 0.05) is 56.5 Å². The van der Waals surface area contributed by atoms with Crippen molar-refractivity contribution in [2.45, 2.75) is 38.3 Å². The number of aryl methyl sites for hydroxylation is 1. The number of amides is 2. The van der Waals surface area contributed by atoms with Gasteiger partial charge >= 0.3 is 6.03 Å². The zero-order valence-corrected chi connectivity index (χ0v) is 23.6. The van der Waals surface area contributed by atoms with Crippen molar-refractivity contribution in [2.75, 3.05) is 32.1 Å². The van der Waals surface area contributed by atoms with Gasteiger partial charge in [0.25, 0.3) is 0 Å². The number of aromatic nitrogens is 4. The SMILES string of the molecule is CCC1[C@@H](c2ccc(F)c(F)c2)[C@H](NC(=O)Nc2c(C)c(-c3cnn(C)c3)nn2-c2ccccc2)CN1CCOC. The summed E-state index contributed by atoms with van der Waals surface area (Å²) in [6.07, 6.45) is 4.37. The number of halogens is 2. The van der Waals surface area contributed by atoms with Gasteiger partial charge < -0.3 is 10.1 Å². The van der Waals surface area contributed by atoms with Crippen molar-refractivity contribution in [2.24, 2.45) is 7.05 Å². The normalized spacial score (nSPS) is 19.0. The van der Waals surface area contributed by atoms with Gasteiger partial charge in [-0.15, -0.1) is 0 Å². The van der Waals surface area contributed by atoms with E-state index in [0.29, 0.717) is 36.8 Å². The lowest BCUT2D eigenvalue weighted by molar-refractivity contribution is 0.136. The van der Waals surface area contributed by atoms with Gasteiger partial charge in [-0.3, -0.25) is 14.9 Å². The minimum atomic E-state index is -0.902. The number of methoxy groups -OCH3 is 1. The summed E-state index contributed by atoms with van der Waals surface area (Å²) >= 11 is 0. The molecule has 9 nitrogen and oxygen atoms in total. The third kappa shape index (κ3) is 5.86. The lowest BCUT2D eigenvalue weighted by Crippen LogP contribution is -2.43. The zero-order valence-electron chi connectivity index (χ0n) is 23.6. The number of nitrogens with one attached hydrogen (secondary N) is 2. The number of hydrogen-bond donors (Lipinski definition) is 2. The van der Waals surface area contributed by atoms with E-state index in [1.807, 2.05) is 50.5 Å². The molecule has 1 fully saturated rings. The summed E-state index contributed by atoms with van der Waals surface area (Å²) in [5, 5.41) is 15.3. The van der Waals surface area contributed by atoms with Crippen LogP contribution in [0, 0.1) is 18.6 Å². The molecule has 2 aromatic heterocycles. The predicted octanol–water partition coefficient (Wildman–Crippen LogP) is 4.87. The summed E-state index contributed by atoms with van der Waals surface area (Å²) < 4.78 is 36.8. The molecule has 1 aliphatic heterocycles. The second-order valence-corrected chi connectivity index (χ2v) is 10.3. The maximum atomic E-state index is 14.3. The van der Waals surface area contributed by atoms with E-state index < -0.39 is 17.7 Å². The topological polar surface area (TPSA) is 89.2 Å². The predicted molar refractivity (Wildman–Crippen MR) is 153 cm³/mol. The van der Waals surface area contributed by atoms with E-state index in [1.54, 1.807) is 28.7 Å². The number of hydrogen-bond acceptors (Lipinski definition) is 5. The first kappa shape index (κ1) is 28.4. The Kier molecular flexibility index (Phi) is 8.46. The molecule has 2 amide bonds. The van der Waals surface area contributed by atoms with Gasteiger partial charge in [0.2, 0.25) is 0 Å². The standard InChI is InChI=1S/C30H35F2N7O2/c1-5-26-27(20-11-12-23(31)24(32)15-20)25(18-38(26)13-14-41-4)34-30(40)35-29-19(2)28(21-16-33-37(3)17-21)36-39(29)22-9-7-6-8-10-22/h6-12,15-17,25-27H,5,13-14,18H2,1-4H3,(H2,34,35,40)/t25-,26?,27+/m1/s1. The minimum absolute atomic E-state index is 0.00840. The molecular weight excluding hydrogens is 528 g/mol. The number of anilines is 1. The van der Waals surface area contributed by atoms with Gasteiger partial charge in [0.15, 0.2) is 11.6 Å². The third-order valence-electron chi connectivity index (χ3n) is 7.73. The zero-order chi connectivity index (χ0) is 29.1. The number of carbonyl (C=O) groups is 1. The highest BCUT2D eigenvalue weighted by Crippen LogP contribution is 2.36. The smallest absolute Gasteiger partial charge is 0.320 e. The molecule has 3 heterocycles. The second kappa shape index (κ2) is 12.2. The van der Waals surface area contributed by atoms with Gasteiger partial charge in [-0.05, 0) is 43.2 Å². The third-order valence-corrected chi connectivity index (χ3v) is 7.73.